The summed E-state index contributed by atoms with van der Waals surface area (Å²) in [5, 5.41) is 9.84. The van der Waals surface area contributed by atoms with Crippen LogP contribution in [0.25, 0.3) is 0 Å². The number of nitrogens with zero attached hydrogens (tertiary/aromatic N) is 1. The molecule has 26 heavy (non-hydrogen) atoms. The van der Waals surface area contributed by atoms with E-state index in [-0.39, 0.29) is 23.8 Å². The van der Waals surface area contributed by atoms with Gasteiger partial charge in [-0.3, -0.25) is 14.5 Å². The van der Waals surface area contributed by atoms with Crippen molar-refractivity contribution in [3.63, 3.8) is 0 Å². The van der Waals surface area contributed by atoms with Crippen LogP contribution in [0.4, 0.5) is 0 Å². The lowest BCUT2D eigenvalue weighted by molar-refractivity contribution is 0.0651. The van der Waals surface area contributed by atoms with Gasteiger partial charge < -0.3 is 5.11 Å². The van der Waals surface area contributed by atoms with Crippen molar-refractivity contribution in [3.8, 4) is 0 Å². The van der Waals surface area contributed by atoms with E-state index in [4.69, 9.17) is 0 Å². The van der Waals surface area contributed by atoms with Crippen molar-refractivity contribution < 1.29 is 14.7 Å². The molecule has 0 aliphatic carbocycles. The van der Waals surface area contributed by atoms with Crippen molar-refractivity contribution in [3.05, 3.63) is 71.3 Å². The van der Waals surface area contributed by atoms with Crippen LogP contribution in [0, 0.1) is 0 Å². The molecule has 1 N–H and O–H groups in total. The fourth-order valence-electron chi connectivity index (χ4n) is 3.56. The first-order valence-corrected chi connectivity index (χ1v) is 9.18. The topological polar surface area (TPSA) is 57.6 Å². The van der Waals surface area contributed by atoms with Crippen molar-refractivity contribution >= 4 is 11.8 Å². The molecule has 1 unspecified atom stereocenters. The second-order valence-corrected chi connectivity index (χ2v) is 7.20. The van der Waals surface area contributed by atoms with Gasteiger partial charge in [0, 0.05) is 12.0 Å². The number of rotatable bonds is 8. The van der Waals surface area contributed by atoms with Gasteiger partial charge in [0.15, 0.2) is 0 Å². The summed E-state index contributed by atoms with van der Waals surface area (Å²) in [4.78, 5) is 26.0. The monoisotopic (exact) mass is 351 g/mol. The van der Waals surface area contributed by atoms with E-state index < -0.39 is 0 Å². The Morgan fingerprint density at radius 1 is 0.846 bits per heavy atom. The largest absolute Gasteiger partial charge is 0.395 e. The van der Waals surface area contributed by atoms with E-state index in [0.717, 1.165) is 31.2 Å². The van der Waals surface area contributed by atoms with Gasteiger partial charge >= 0.3 is 0 Å². The zero-order valence-electron chi connectivity index (χ0n) is 15.1. The summed E-state index contributed by atoms with van der Waals surface area (Å²) >= 11 is 0. The van der Waals surface area contributed by atoms with Crippen LogP contribution >= 0.6 is 0 Å². The number of hydrogen-bond acceptors (Lipinski definition) is 3. The number of aliphatic hydroxyl groups excluding tert-OH is 1. The molecule has 2 aromatic carbocycles. The Morgan fingerprint density at radius 2 is 1.42 bits per heavy atom. The van der Waals surface area contributed by atoms with E-state index in [1.54, 1.807) is 24.3 Å². The molecule has 1 heterocycles. The summed E-state index contributed by atoms with van der Waals surface area (Å²) in [5.74, 6) is -0.370. The number of unbranched alkanes of at least 4 members (excludes halogenated alkanes) is 2. The summed E-state index contributed by atoms with van der Waals surface area (Å²) in [5.41, 5.74) is 1.91. The van der Waals surface area contributed by atoms with Crippen molar-refractivity contribution in [1.29, 1.82) is 0 Å². The van der Waals surface area contributed by atoms with E-state index in [1.165, 1.54) is 4.90 Å². The summed E-state index contributed by atoms with van der Waals surface area (Å²) in [6.07, 6.45) is 3.50. The minimum absolute atomic E-state index is 0.107. The third-order valence-electron chi connectivity index (χ3n) is 5.31. The van der Waals surface area contributed by atoms with Gasteiger partial charge in [-0.15, -0.1) is 0 Å². The van der Waals surface area contributed by atoms with Gasteiger partial charge in [0.1, 0.15) is 0 Å². The minimum atomic E-state index is -0.253. The van der Waals surface area contributed by atoms with Crippen LogP contribution in [0.5, 0.6) is 0 Å². The molecule has 2 aromatic rings. The Kier molecular flexibility index (Phi) is 5.52. The number of hydrogen-bond donors (Lipinski definition) is 1. The predicted octanol–water partition coefficient (Wildman–Crippen LogP) is 3.79. The van der Waals surface area contributed by atoms with Gasteiger partial charge in [0.05, 0.1) is 17.7 Å². The van der Waals surface area contributed by atoms with Gasteiger partial charge in [-0.05, 0) is 30.5 Å². The number of amides is 2. The molecule has 0 saturated heterocycles. The second kappa shape index (κ2) is 7.83. The zero-order chi connectivity index (χ0) is 18.6. The molecule has 0 spiro atoms. The SMILES string of the molecule is CC(CO)(CCCCCN1C(=O)c2ccccc2C1=O)c1ccccc1. The molecule has 4 nitrogen and oxygen atoms in total. The molecule has 4 heteroatoms. The normalized spacial score (nSPS) is 15.8. The first-order chi connectivity index (χ1) is 12.6. The average molecular weight is 351 g/mol. The number of aliphatic hydroxyl groups is 1. The molecule has 0 aromatic heterocycles. The predicted molar refractivity (Wildman–Crippen MR) is 101 cm³/mol. The van der Waals surface area contributed by atoms with Crippen molar-refractivity contribution in [2.24, 2.45) is 0 Å². The average Bonchev–Trinajstić information content (AvgIpc) is 2.93. The molecule has 3 rings (SSSR count). The fourth-order valence-corrected chi connectivity index (χ4v) is 3.56. The van der Waals surface area contributed by atoms with Crippen molar-refractivity contribution in [1.82, 2.24) is 4.90 Å². The molecule has 1 atom stereocenters. The van der Waals surface area contributed by atoms with Crippen molar-refractivity contribution in [2.45, 2.75) is 38.0 Å². The highest BCUT2D eigenvalue weighted by molar-refractivity contribution is 6.21. The molecule has 0 bridgehead atoms. The maximum atomic E-state index is 12.3. The number of benzene rings is 2. The second-order valence-electron chi connectivity index (χ2n) is 7.20. The lowest BCUT2D eigenvalue weighted by Crippen LogP contribution is -2.31. The fraction of sp³-hybridized carbons (Fsp3) is 0.364. The van der Waals surface area contributed by atoms with Crippen LogP contribution < -0.4 is 0 Å². The molecule has 2 amide bonds. The first-order valence-electron chi connectivity index (χ1n) is 9.18. The zero-order valence-corrected chi connectivity index (χ0v) is 15.1. The number of carbonyl (C=O) groups excluding carboxylic acids is 2. The van der Waals surface area contributed by atoms with Gasteiger partial charge in [0.2, 0.25) is 0 Å². The Hall–Kier alpha value is -2.46. The molecule has 0 radical (unpaired) electrons. The highest BCUT2D eigenvalue weighted by Gasteiger charge is 2.34. The van der Waals surface area contributed by atoms with Crippen LogP contribution in [-0.2, 0) is 5.41 Å². The minimum Gasteiger partial charge on any atom is -0.395 e. The van der Waals surface area contributed by atoms with Gasteiger partial charge in [-0.1, -0.05) is 62.2 Å². The molecule has 1 aliphatic heterocycles. The Labute approximate surface area is 154 Å². The number of carbonyl (C=O) groups is 2. The third-order valence-corrected chi connectivity index (χ3v) is 5.31. The Bertz CT molecular complexity index is 752. The van der Waals surface area contributed by atoms with Crippen LogP contribution in [-0.4, -0.2) is 35.0 Å². The number of imide groups is 1. The smallest absolute Gasteiger partial charge is 0.261 e. The van der Waals surface area contributed by atoms with Crippen LogP contribution in [0.15, 0.2) is 54.6 Å². The van der Waals surface area contributed by atoms with Crippen LogP contribution in [0.2, 0.25) is 0 Å². The molecule has 0 saturated carbocycles. The quantitative estimate of drug-likeness (QED) is 0.581. The van der Waals surface area contributed by atoms with Gasteiger partial charge in [-0.2, -0.15) is 0 Å². The van der Waals surface area contributed by atoms with Crippen LogP contribution in [0.3, 0.4) is 0 Å². The van der Waals surface area contributed by atoms with Gasteiger partial charge in [0.25, 0.3) is 11.8 Å². The lowest BCUT2D eigenvalue weighted by atomic mass is 9.79. The first kappa shape index (κ1) is 18.3. The highest BCUT2D eigenvalue weighted by atomic mass is 16.3. The maximum absolute atomic E-state index is 12.3. The summed E-state index contributed by atoms with van der Waals surface area (Å²) < 4.78 is 0. The Morgan fingerprint density at radius 3 is 2.00 bits per heavy atom. The summed E-state index contributed by atoms with van der Waals surface area (Å²) in [7, 11) is 0. The van der Waals surface area contributed by atoms with E-state index >= 15 is 0 Å². The summed E-state index contributed by atoms with van der Waals surface area (Å²) in [6.45, 7) is 2.63. The van der Waals surface area contributed by atoms with E-state index in [2.05, 4.69) is 19.1 Å². The maximum Gasteiger partial charge on any atom is 0.261 e. The third kappa shape index (κ3) is 3.56. The standard InChI is InChI=1S/C22H25NO3/c1-22(16-24,17-10-4-2-5-11-17)14-8-3-9-15-23-20(25)18-12-6-7-13-19(18)21(23)26/h2,4-7,10-13,24H,3,8-9,14-16H2,1H3. The summed E-state index contributed by atoms with van der Waals surface area (Å²) in [6, 6.07) is 17.0. The van der Waals surface area contributed by atoms with Crippen molar-refractivity contribution in [2.75, 3.05) is 13.2 Å². The number of fused-ring (bicyclic) bond motifs is 1. The molecule has 1 aliphatic rings. The van der Waals surface area contributed by atoms with E-state index in [9.17, 15) is 14.7 Å². The van der Waals surface area contributed by atoms with E-state index in [1.807, 2.05) is 18.2 Å². The molecule has 0 fully saturated rings. The lowest BCUT2D eigenvalue weighted by Gasteiger charge is -2.28. The van der Waals surface area contributed by atoms with E-state index in [0.29, 0.717) is 17.7 Å². The Balaban J connectivity index is 1.49. The molecular weight excluding hydrogens is 326 g/mol. The molecular formula is C22H25NO3. The molecule has 136 valence electrons. The highest BCUT2D eigenvalue weighted by Crippen LogP contribution is 2.29. The van der Waals surface area contributed by atoms with Crippen LogP contribution in [0.1, 0.15) is 58.9 Å². The van der Waals surface area contributed by atoms with Gasteiger partial charge in [-0.25, -0.2) is 0 Å².